The number of benzene rings is 2. The van der Waals surface area contributed by atoms with E-state index in [1.165, 1.54) is 0 Å². The number of halogens is 1. The molecular weight excluding hydrogens is 322 g/mol. The van der Waals surface area contributed by atoms with Crippen LogP contribution in [0.4, 0.5) is 0 Å². The number of fused-ring (bicyclic) bond motifs is 1. The average Bonchev–Trinajstić information content (AvgIpc) is 3.02. The third kappa shape index (κ3) is 2.66. The van der Waals surface area contributed by atoms with Crippen molar-refractivity contribution in [1.82, 2.24) is 9.78 Å². The van der Waals surface area contributed by atoms with Crippen LogP contribution in [0.5, 0.6) is 0 Å². The number of hydrogen-bond donors (Lipinski definition) is 0. The Morgan fingerprint density at radius 2 is 2.00 bits per heavy atom. The zero-order valence-electron chi connectivity index (χ0n) is 13.1. The van der Waals surface area contributed by atoms with Gasteiger partial charge in [-0.1, -0.05) is 23.7 Å². The van der Waals surface area contributed by atoms with Gasteiger partial charge in [0.1, 0.15) is 5.69 Å². The van der Waals surface area contributed by atoms with Crippen molar-refractivity contribution < 1.29 is 4.74 Å². The average molecular weight is 338 g/mol. The lowest BCUT2D eigenvalue weighted by Crippen LogP contribution is -2.19. The molecule has 1 atom stereocenters. The smallest absolute Gasteiger partial charge is 0.150 e. The Balaban J connectivity index is 1.91. The van der Waals surface area contributed by atoms with Gasteiger partial charge in [-0.25, -0.2) is 4.68 Å². The quantitative estimate of drug-likeness (QED) is 0.666. The van der Waals surface area contributed by atoms with Gasteiger partial charge in [-0.05, 0) is 49.6 Å². The standard InChI is InChI=1S/C19H16ClN3O/c20-15-7-5-14(6-8-15)19-16-11-13(12-21)4-9-17(16)23(22-19)18-3-1-2-10-24-18/h4-9,11,18H,1-3,10H2. The van der Waals surface area contributed by atoms with Gasteiger partial charge in [0.15, 0.2) is 6.23 Å². The van der Waals surface area contributed by atoms with Gasteiger partial charge in [-0.2, -0.15) is 10.4 Å². The topological polar surface area (TPSA) is 50.8 Å². The number of nitriles is 1. The van der Waals surface area contributed by atoms with E-state index in [9.17, 15) is 5.26 Å². The molecule has 1 aromatic heterocycles. The van der Waals surface area contributed by atoms with Gasteiger partial charge in [-0.15, -0.1) is 0 Å². The summed E-state index contributed by atoms with van der Waals surface area (Å²) in [6.45, 7) is 0.762. The van der Waals surface area contributed by atoms with Gasteiger partial charge in [0.2, 0.25) is 0 Å². The van der Waals surface area contributed by atoms with Crippen LogP contribution in [0, 0.1) is 11.3 Å². The van der Waals surface area contributed by atoms with Gasteiger partial charge < -0.3 is 4.74 Å². The minimum Gasteiger partial charge on any atom is -0.356 e. The highest BCUT2D eigenvalue weighted by Gasteiger charge is 2.21. The fraction of sp³-hybridized carbons (Fsp3) is 0.263. The van der Waals surface area contributed by atoms with Gasteiger partial charge in [0.25, 0.3) is 0 Å². The number of rotatable bonds is 2. The fourth-order valence-electron chi connectivity index (χ4n) is 3.17. The van der Waals surface area contributed by atoms with Gasteiger partial charge in [0.05, 0.1) is 17.1 Å². The molecule has 5 heteroatoms. The van der Waals surface area contributed by atoms with Crippen molar-refractivity contribution in [3.8, 4) is 17.3 Å². The second-order valence-electron chi connectivity index (χ2n) is 5.97. The molecule has 1 aliphatic rings. The first-order valence-electron chi connectivity index (χ1n) is 8.06. The largest absolute Gasteiger partial charge is 0.356 e. The van der Waals surface area contributed by atoms with E-state index in [0.717, 1.165) is 48.0 Å². The maximum Gasteiger partial charge on any atom is 0.150 e. The van der Waals surface area contributed by atoms with Crippen LogP contribution < -0.4 is 0 Å². The van der Waals surface area contributed by atoms with Crippen LogP contribution in [0.15, 0.2) is 42.5 Å². The fourth-order valence-corrected chi connectivity index (χ4v) is 3.29. The van der Waals surface area contributed by atoms with E-state index in [4.69, 9.17) is 21.4 Å². The normalized spacial score (nSPS) is 17.8. The second-order valence-corrected chi connectivity index (χ2v) is 6.40. The van der Waals surface area contributed by atoms with Crippen molar-refractivity contribution in [2.45, 2.75) is 25.5 Å². The van der Waals surface area contributed by atoms with Crippen LogP contribution in [0.2, 0.25) is 5.02 Å². The molecule has 0 saturated carbocycles. The first-order chi connectivity index (χ1) is 11.8. The van der Waals surface area contributed by atoms with E-state index in [-0.39, 0.29) is 6.23 Å². The van der Waals surface area contributed by atoms with Gasteiger partial charge in [0, 0.05) is 22.6 Å². The lowest BCUT2D eigenvalue weighted by Gasteiger charge is -2.23. The van der Waals surface area contributed by atoms with Crippen molar-refractivity contribution >= 4 is 22.5 Å². The van der Waals surface area contributed by atoms with E-state index in [1.807, 2.05) is 47.1 Å². The van der Waals surface area contributed by atoms with E-state index in [2.05, 4.69) is 6.07 Å². The summed E-state index contributed by atoms with van der Waals surface area (Å²) in [6, 6.07) is 15.5. The molecule has 2 aromatic carbocycles. The van der Waals surface area contributed by atoms with Gasteiger partial charge >= 0.3 is 0 Å². The number of hydrogen-bond acceptors (Lipinski definition) is 3. The summed E-state index contributed by atoms with van der Waals surface area (Å²) in [5.41, 5.74) is 3.45. The maximum absolute atomic E-state index is 9.23. The zero-order valence-corrected chi connectivity index (χ0v) is 13.8. The van der Waals surface area contributed by atoms with Crippen molar-refractivity contribution in [1.29, 1.82) is 5.26 Å². The predicted molar refractivity (Wildman–Crippen MR) is 93.7 cm³/mol. The molecule has 4 nitrogen and oxygen atoms in total. The highest BCUT2D eigenvalue weighted by Crippen LogP contribution is 2.33. The van der Waals surface area contributed by atoms with Crippen molar-refractivity contribution in [2.24, 2.45) is 0 Å². The molecule has 1 fully saturated rings. The van der Waals surface area contributed by atoms with Crippen LogP contribution in [0.25, 0.3) is 22.2 Å². The molecule has 1 saturated heterocycles. The van der Waals surface area contributed by atoms with Crippen LogP contribution in [-0.4, -0.2) is 16.4 Å². The molecule has 0 bridgehead atoms. The molecular formula is C19H16ClN3O. The Kier molecular flexibility index (Phi) is 3.97. The summed E-state index contributed by atoms with van der Waals surface area (Å²) in [4.78, 5) is 0. The Morgan fingerprint density at radius 3 is 2.71 bits per heavy atom. The highest BCUT2D eigenvalue weighted by atomic mass is 35.5. The SMILES string of the molecule is N#Cc1ccc2c(c1)c(-c1ccc(Cl)cc1)nn2C1CCCCO1. The Hall–Kier alpha value is -2.35. The number of aromatic nitrogens is 2. The third-order valence-corrected chi connectivity index (χ3v) is 4.63. The summed E-state index contributed by atoms with van der Waals surface area (Å²) in [5.74, 6) is 0. The van der Waals surface area contributed by atoms with E-state index in [0.29, 0.717) is 10.6 Å². The van der Waals surface area contributed by atoms with Crippen molar-refractivity contribution in [3.63, 3.8) is 0 Å². The minimum atomic E-state index is -0.0461. The van der Waals surface area contributed by atoms with E-state index >= 15 is 0 Å². The summed E-state index contributed by atoms with van der Waals surface area (Å²) in [5, 5.41) is 15.7. The molecule has 0 amide bonds. The molecule has 0 radical (unpaired) electrons. The molecule has 4 rings (SSSR count). The number of nitrogens with zero attached hydrogens (tertiary/aromatic N) is 3. The molecule has 120 valence electrons. The first kappa shape index (κ1) is 15.2. The molecule has 1 unspecified atom stereocenters. The van der Waals surface area contributed by atoms with Crippen LogP contribution in [-0.2, 0) is 4.74 Å². The van der Waals surface area contributed by atoms with Crippen LogP contribution >= 0.6 is 11.6 Å². The molecule has 2 heterocycles. The molecule has 1 aliphatic heterocycles. The summed E-state index contributed by atoms with van der Waals surface area (Å²) in [7, 11) is 0. The van der Waals surface area contributed by atoms with Crippen molar-refractivity contribution in [2.75, 3.05) is 6.61 Å². The van der Waals surface area contributed by atoms with Crippen LogP contribution in [0.3, 0.4) is 0 Å². The predicted octanol–water partition coefficient (Wildman–Crippen LogP) is 4.93. The minimum absolute atomic E-state index is 0.0461. The Labute approximate surface area is 145 Å². The number of ether oxygens (including phenoxy) is 1. The van der Waals surface area contributed by atoms with Gasteiger partial charge in [-0.3, -0.25) is 0 Å². The molecule has 3 aromatic rings. The van der Waals surface area contributed by atoms with E-state index in [1.54, 1.807) is 0 Å². The lowest BCUT2D eigenvalue weighted by molar-refractivity contribution is -0.0365. The summed E-state index contributed by atoms with van der Waals surface area (Å²) >= 11 is 6.00. The van der Waals surface area contributed by atoms with Crippen LogP contribution in [0.1, 0.15) is 31.1 Å². The Morgan fingerprint density at radius 1 is 1.17 bits per heavy atom. The zero-order chi connectivity index (χ0) is 16.5. The summed E-state index contributed by atoms with van der Waals surface area (Å²) in [6.07, 6.45) is 3.14. The molecule has 0 N–H and O–H groups in total. The molecule has 0 aliphatic carbocycles. The first-order valence-corrected chi connectivity index (χ1v) is 8.44. The molecule has 24 heavy (non-hydrogen) atoms. The maximum atomic E-state index is 9.23. The van der Waals surface area contributed by atoms with E-state index < -0.39 is 0 Å². The molecule has 0 spiro atoms. The lowest BCUT2D eigenvalue weighted by atomic mass is 10.1. The second kappa shape index (κ2) is 6.27. The Bertz CT molecular complexity index is 918. The summed E-state index contributed by atoms with van der Waals surface area (Å²) < 4.78 is 7.87. The third-order valence-electron chi connectivity index (χ3n) is 4.38. The highest BCUT2D eigenvalue weighted by molar-refractivity contribution is 6.30. The monoisotopic (exact) mass is 337 g/mol. The van der Waals surface area contributed by atoms with Crippen molar-refractivity contribution in [3.05, 3.63) is 53.1 Å².